The number of hydrogen-bond donors (Lipinski definition) is 1. The quantitative estimate of drug-likeness (QED) is 0.874. The smallest absolute Gasteiger partial charge is 0.257 e. The van der Waals surface area contributed by atoms with Gasteiger partial charge >= 0.3 is 0 Å². The maximum Gasteiger partial charge on any atom is 0.257 e. The first kappa shape index (κ1) is 18.5. The molecule has 7 nitrogen and oxygen atoms in total. The van der Waals surface area contributed by atoms with E-state index < -0.39 is 0 Å². The third-order valence-electron chi connectivity index (χ3n) is 5.58. The van der Waals surface area contributed by atoms with Gasteiger partial charge in [-0.05, 0) is 37.0 Å². The summed E-state index contributed by atoms with van der Waals surface area (Å²) in [5.41, 5.74) is 2.27. The molecular formula is C21H26N4O3. The molecule has 4 rings (SSSR count). The van der Waals surface area contributed by atoms with Crippen LogP contribution in [0.15, 0.2) is 29.1 Å². The molecule has 2 aliphatic rings. The fraction of sp³-hybridized carbons (Fsp3) is 0.476. The Morgan fingerprint density at radius 1 is 1.14 bits per heavy atom. The van der Waals surface area contributed by atoms with Gasteiger partial charge in [-0.2, -0.15) is 0 Å². The summed E-state index contributed by atoms with van der Waals surface area (Å²) in [6.45, 7) is 2.80. The second-order valence-electron chi connectivity index (χ2n) is 7.45. The minimum Gasteiger partial charge on any atom is -0.497 e. The van der Waals surface area contributed by atoms with Gasteiger partial charge in [-0.3, -0.25) is 14.6 Å². The number of nitrogens with one attached hydrogen (secondary N) is 1. The molecule has 2 aliphatic heterocycles. The first-order valence-corrected chi connectivity index (χ1v) is 9.92. The number of fused-ring (bicyclic) bond motifs is 1. The van der Waals surface area contributed by atoms with E-state index in [1.54, 1.807) is 12.0 Å². The summed E-state index contributed by atoms with van der Waals surface area (Å²) in [5.74, 6) is 1.47. The summed E-state index contributed by atoms with van der Waals surface area (Å²) >= 11 is 0. The van der Waals surface area contributed by atoms with Crippen LogP contribution in [0, 0.1) is 0 Å². The van der Waals surface area contributed by atoms with Gasteiger partial charge in [0.25, 0.3) is 5.56 Å². The molecule has 1 aromatic carbocycles. The maximum atomic E-state index is 12.7. The fourth-order valence-electron chi connectivity index (χ4n) is 3.91. The van der Waals surface area contributed by atoms with Crippen LogP contribution in [0.5, 0.6) is 5.75 Å². The van der Waals surface area contributed by atoms with Gasteiger partial charge in [0, 0.05) is 26.1 Å². The van der Waals surface area contributed by atoms with Crippen LogP contribution in [0.4, 0.5) is 5.95 Å². The highest BCUT2D eigenvalue weighted by molar-refractivity contribution is 5.79. The summed E-state index contributed by atoms with van der Waals surface area (Å²) in [5, 5.41) is 0. The molecule has 0 spiro atoms. The summed E-state index contributed by atoms with van der Waals surface area (Å²) < 4.78 is 5.15. The largest absolute Gasteiger partial charge is 0.497 e. The first-order chi connectivity index (χ1) is 13.6. The van der Waals surface area contributed by atoms with Crippen molar-refractivity contribution in [1.29, 1.82) is 0 Å². The van der Waals surface area contributed by atoms with Crippen LogP contribution in [-0.4, -0.2) is 47.5 Å². The molecule has 1 N–H and O–H groups in total. The topological polar surface area (TPSA) is 78.5 Å². The van der Waals surface area contributed by atoms with E-state index in [1.807, 2.05) is 24.3 Å². The Bertz CT molecular complexity index is 901. The van der Waals surface area contributed by atoms with Gasteiger partial charge in [-0.1, -0.05) is 12.1 Å². The summed E-state index contributed by atoms with van der Waals surface area (Å²) in [7, 11) is 1.62. The maximum absolute atomic E-state index is 12.7. The van der Waals surface area contributed by atoms with Crippen LogP contribution in [0.3, 0.4) is 0 Å². The Balaban J connectivity index is 1.46. The number of nitrogens with zero attached hydrogens (tertiary/aromatic N) is 3. The van der Waals surface area contributed by atoms with Crippen LogP contribution >= 0.6 is 0 Å². The molecule has 148 valence electrons. The molecule has 0 radical (unpaired) electrons. The Morgan fingerprint density at radius 2 is 1.89 bits per heavy atom. The molecule has 0 unspecified atom stereocenters. The van der Waals surface area contributed by atoms with Crippen molar-refractivity contribution >= 4 is 11.9 Å². The number of carbonyl (C=O) groups is 1. The Kier molecular flexibility index (Phi) is 5.32. The molecular weight excluding hydrogens is 356 g/mol. The zero-order valence-electron chi connectivity index (χ0n) is 16.2. The van der Waals surface area contributed by atoms with Gasteiger partial charge in [-0.15, -0.1) is 0 Å². The molecule has 0 bridgehead atoms. The highest BCUT2D eigenvalue weighted by Gasteiger charge is 2.25. The Labute approximate surface area is 164 Å². The lowest BCUT2D eigenvalue weighted by molar-refractivity contribution is -0.131. The number of anilines is 1. The number of aromatic amines is 1. The van der Waals surface area contributed by atoms with Crippen molar-refractivity contribution in [2.75, 3.05) is 31.6 Å². The van der Waals surface area contributed by atoms with Crippen molar-refractivity contribution in [2.45, 2.75) is 38.6 Å². The molecule has 1 saturated heterocycles. The van der Waals surface area contributed by atoms with Gasteiger partial charge in [-0.25, -0.2) is 4.98 Å². The third kappa shape index (κ3) is 3.88. The highest BCUT2D eigenvalue weighted by atomic mass is 16.5. The van der Waals surface area contributed by atoms with Crippen LogP contribution in [0.2, 0.25) is 0 Å². The lowest BCUT2D eigenvalue weighted by Crippen LogP contribution is -2.41. The third-order valence-corrected chi connectivity index (χ3v) is 5.58. The van der Waals surface area contributed by atoms with Crippen LogP contribution < -0.4 is 15.2 Å². The zero-order chi connectivity index (χ0) is 19.5. The standard InChI is InChI=1S/C21H26N4O3/c1-28-16-7-5-15(6-8-16)13-19(26)25-12-9-18-17(14-25)20(27)23-21(22-18)24-10-3-2-4-11-24/h5-8H,2-4,9-14H2,1H3,(H,22,23,27). The van der Waals surface area contributed by atoms with Gasteiger partial charge in [0.05, 0.1) is 31.3 Å². The van der Waals surface area contributed by atoms with Crippen molar-refractivity contribution in [3.05, 3.63) is 51.4 Å². The van der Waals surface area contributed by atoms with E-state index >= 15 is 0 Å². The first-order valence-electron chi connectivity index (χ1n) is 9.92. The van der Waals surface area contributed by atoms with Gasteiger partial charge in [0.15, 0.2) is 0 Å². The number of hydrogen-bond acceptors (Lipinski definition) is 5. The molecule has 1 fully saturated rings. The van der Waals surface area contributed by atoms with Crippen molar-refractivity contribution in [2.24, 2.45) is 0 Å². The number of H-pyrrole nitrogens is 1. The molecule has 1 aromatic heterocycles. The second-order valence-corrected chi connectivity index (χ2v) is 7.45. The summed E-state index contributed by atoms with van der Waals surface area (Å²) in [4.78, 5) is 36.9. The summed E-state index contributed by atoms with van der Waals surface area (Å²) in [6, 6.07) is 7.50. The number of benzene rings is 1. The van der Waals surface area contributed by atoms with Gasteiger partial charge in [0.2, 0.25) is 11.9 Å². The zero-order valence-corrected chi connectivity index (χ0v) is 16.2. The average Bonchev–Trinajstić information content (AvgIpc) is 2.74. The lowest BCUT2D eigenvalue weighted by Gasteiger charge is -2.31. The molecule has 3 heterocycles. The predicted octanol–water partition coefficient (Wildman–Crippen LogP) is 1.90. The van der Waals surface area contributed by atoms with Crippen LogP contribution in [0.1, 0.15) is 36.1 Å². The Morgan fingerprint density at radius 3 is 2.61 bits per heavy atom. The van der Waals surface area contributed by atoms with Crippen molar-refractivity contribution in [1.82, 2.24) is 14.9 Å². The van der Waals surface area contributed by atoms with Crippen molar-refractivity contribution in [3.63, 3.8) is 0 Å². The number of aromatic nitrogens is 2. The van der Waals surface area contributed by atoms with E-state index in [9.17, 15) is 9.59 Å². The number of methoxy groups -OCH3 is 1. The molecule has 2 aromatic rings. The fourth-order valence-corrected chi connectivity index (χ4v) is 3.91. The molecule has 0 aliphatic carbocycles. The van der Waals surface area contributed by atoms with Crippen LogP contribution in [0.25, 0.3) is 0 Å². The SMILES string of the molecule is COc1ccc(CC(=O)N2CCc3nc(N4CCCCC4)[nH]c(=O)c3C2)cc1. The molecule has 28 heavy (non-hydrogen) atoms. The van der Waals surface area contributed by atoms with E-state index in [2.05, 4.69) is 9.88 Å². The molecule has 1 amide bonds. The van der Waals surface area contributed by atoms with E-state index in [-0.39, 0.29) is 11.5 Å². The van der Waals surface area contributed by atoms with Crippen molar-refractivity contribution < 1.29 is 9.53 Å². The van der Waals surface area contributed by atoms with E-state index in [1.165, 1.54) is 6.42 Å². The van der Waals surface area contributed by atoms with Crippen LogP contribution in [-0.2, 0) is 24.2 Å². The molecule has 7 heteroatoms. The van der Waals surface area contributed by atoms with E-state index in [0.717, 1.165) is 42.9 Å². The van der Waals surface area contributed by atoms with E-state index in [4.69, 9.17) is 9.72 Å². The minimum atomic E-state index is -0.118. The van der Waals surface area contributed by atoms with E-state index in [0.29, 0.717) is 37.4 Å². The number of piperidine rings is 1. The minimum absolute atomic E-state index is 0.0234. The second kappa shape index (κ2) is 8.04. The number of carbonyl (C=O) groups excluding carboxylic acids is 1. The predicted molar refractivity (Wildman–Crippen MR) is 107 cm³/mol. The van der Waals surface area contributed by atoms with Gasteiger partial charge < -0.3 is 14.5 Å². The normalized spacial score (nSPS) is 16.6. The molecule has 0 atom stereocenters. The lowest BCUT2D eigenvalue weighted by atomic mass is 10.1. The highest BCUT2D eigenvalue weighted by Crippen LogP contribution is 2.20. The summed E-state index contributed by atoms with van der Waals surface area (Å²) in [6.07, 6.45) is 4.44. The molecule has 0 saturated carbocycles. The number of ether oxygens (including phenoxy) is 1. The average molecular weight is 382 g/mol. The Hall–Kier alpha value is -2.83. The van der Waals surface area contributed by atoms with Gasteiger partial charge in [0.1, 0.15) is 5.75 Å². The number of amides is 1. The number of rotatable bonds is 4. The monoisotopic (exact) mass is 382 g/mol. The van der Waals surface area contributed by atoms with Crippen molar-refractivity contribution in [3.8, 4) is 5.75 Å².